The van der Waals surface area contributed by atoms with Gasteiger partial charge in [-0.15, -0.1) is 0 Å². The Kier molecular flexibility index (Phi) is 8.31. The van der Waals surface area contributed by atoms with Gasteiger partial charge in [0.1, 0.15) is 0 Å². The van der Waals surface area contributed by atoms with Gasteiger partial charge in [-0.25, -0.2) is 13.2 Å². The Morgan fingerprint density at radius 1 is 0.931 bits per heavy atom. The van der Waals surface area contributed by atoms with Crippen LogP contribution >= 0.6 is 23.2 Å². The molecule has 29 heavy (non-hydrogen) atoms. The smallest absolute Gasteiger partial charge is 0.238 e. The van der Waals surface area contributed by atoms with Crippen molar-refractivity contribution < 1.29 is 22.8 Å². The molecule has 0 saturated carbocycles. The first-order valence-electron chi connectivity index (χ1n) is 8.61. The molecule has 0 aliphatic rings. The van der Waals surface area contributed by atoms with E-state index >= 15 is 0 Å². The molecule has 0 spiro atoms. The summed E-state index contributed by atoms with van der Waals surface area (Å²) in [7, 11) is 0. The average molecular weight is 448 g/mol. The first-order chi connectivity index (χ1) is 13.7. The molecule has 0 saturated heterocycles. The number of anilines is 2. The van der Waals surface area contributed by atoms with Gasteiger partial charge < -0.3 is 10.6 Å². The van der Waals surface area contributed by atoms with E-state index in [0.717, 1.165) is 6.07 Å². The quantitative estimate of drug-likeness (QED) is 0.576. The van der Waals surface area contributed by atoms with Crippen molar-refractivity contribution in [2.24, 2.45) is 0 Å². The molecule has 10 heteroatoms. The van der Waals surface area contributed by atoms with Crippen LogP contribution in [0.15, 0.2) is 30.3 Å². The molecule has 0 heterocycles. The van der Waals surface area contributed by atoms with Crippen molar-refractivity contribution in [3.05, 3.63) is 57.8 Å². The summed E-state index contributed by atoms with van der Waals surface area (Å²) in [6, 6.07) is 6.23. The molecule has 2 amide bonds. The summed E-state index contributed by atoms with van der Waals surface area (Å²) in [5, 5.41) is 5.47. The number of nitrogens with zero attached hydrogens (tertiary/aromatic N) is 1. The zero-order valence-corrected chi connectivity index (χ0v) is 16.9. The van der Waals surface area contributed by atoms with Gasteiger partial charge in [-0.2, -0.15) is 0 Å². The number of hydrogen-bond acceptors (Lipinski definition) is 3. The summed E-state index contributed by atoms with van der Waals surface area (Å²) < 4.78 is 40.0. The van der Waals surface area contributed by atoms with Gasteiger partial charge >= 0.3 is 0 Å². The lowest BCUT2D eigenvalue weighted by Gasteiger charge is -2.21. The second kappa shape index (κ2) is 10.5. The number of nitrogens with one attached hydrogen (secondary N) is 2. The minimum atomic E-state index is -1.68. The van der Waals surface area contributed by atoms with Crippen molar-refractivity contribution in [2.75, 3.05) is 30.3 Å². The highest BCUT2D eigenvalue weighted by atomic mass is 35.5. The van der Waals surface area contributed by atoms with Crippen LogP contribution in [-0.4, -0.2) is 36.3 Å². The highest BCUT2D eigenvalue weighted by Crippen LogP contribution is 2.25. The van der Waals surface area contributed by atoms with Gasteiger partial charge in [-0.05, 0) is 43.3 Å². The maximum absolute atomic E-state index is 13.7. The van der Waals surface area contributed by atoms with Crippen LogP contribution < -0.4 is 10.6 Å². The lowest BCUT2D eigenvalue weighted by molar-refractivity contribution is -0.120. The fourth-order valence-corrected chi connectivity index (χ4v) is 2.87. The molecule has 0 atom stereocenters. The molecule has 2 rings (SSSR count). The molecule has 0 aromatic heterocycles. The highest BCUT2D eigenvalue weighted by molar-refractivity contribution is 6.35. The maximum Gasteiger partial charge on any atom is 0.238 e. The zero-order valence-electron chi connectivity index (χ0n) is 15.4. The van der Waals surface area contributed by atoms with Crippen molar-refractivity contribution in [3.63, 3.8) is 0 Å². The lowest BCUT2D eigenvalue weighted by atomic mass is 10.2. The van der Waals surface area contributed by atoms with Crippen LogP contribution in [0.5, 0.6) is 0 Å². The molecule has 2 aromatic rings. The number of rotatable bonds is 8. The van der Waals surface area contributed by atoms with Gasteiger partial charge in [0.25, 0.3) is 0 Å². The fraction of sp³-hybridized carbons (Fsp3) is 0.263. The maximum atomic E-state index is 13.7. The number of carbonyl (C=O) groups excluding carboxylic acids is 2. The molecule has 5 nitrogen and oxygen atoms in total. The summed E-state index contributed by atoms with van der Waals surface area (Å²) in [6.07, 6.45) is 0.637. The van der Waals surface area contributed by atoms with Gasteiger partial charge in [0.15, 0.2) is 17.5 Å². The Hall–Kier alpha value is -2.29. The number of halogens is 5. The second-order valence-corrected chi connectivity index (χ2v) is 7.00. The van der Waals surface area contributed by atoms with E-state index in [1.54, 1.807) is 6.07 Å². The Morgan fingerprint density at radius 3 is 2.17 bits per heavy atom. The van der Waals surface area contributed by atoms with E-state index in [-0.39, 0.29) is 13.1 Å². The molecular formula is C19H18Cl2F3N3O2. The first-order valence-corrected chi connectivity index (χ1v) is 9.37. The topological polar surface area (TPSA) is 61.4 Å². The Morgan fingerprint density at radius 2 is 1.55 bits per heavy atom. The Balaban J connectivity index is 2.00. The van der Waals surface area contributed by atoms with E-state index in [1.165, 1.54) is 17.0 Å². The van der Waals surface area contributed by atoms with Crippen molar-refractivity contribution in [1.29, 1.82) is 0 Å². The van der Waals surface area contributed by atoms with Crippen molar-refractivity contribution in [1.82, 2.24) is 4.90 Å². The standard InChI is InChI=1S/C19H18Cl2F3N3O2/c1-2-7-27(10-17(29)26-15-8-11(20)3-4-12(15)21)9-16(28)25-14-6-5-13(22)18(23)19(14)24/h3-6,8H,2,7,9-10H2,1H3,(H,25,28)(H,26,29). The second-order valence-electron chi connectivity index (χ2n) is 6.15. The van der Waals surface area contributed by atoms with Crippen LogP contribution in [0.4, 0.5) is 24.5 Å². The molecule has 2 aromatic carbocycles. The van der Waals surface area contributed by atoms with Crippen LogP contribution in [0.1, 0.15) is 13.3 Å². The van der Waals surface area contributed by atoms with Crippen molar-refractivity contribution >= 4 is 46.4 Å². The summed E-state index contributed by atoms with van der Waals surface area (Å²) in [5.74, 6) is -5.64. The van der Waals surface area contributed by atoms with E-state index in [4.69, 9.17) is 23.2 Å². The van der Waals surface area contributed by atoms with E-state index in [0.29, 0.717) is 34.8 Å². The van der Waals surface area contributed by atoms with Gasteiger partial charge in [0, 0.05) is 5.02 Å². The molecule has 0 aliphatic carbocycles. The summed E-state index contributed by atoms with van der Waals surface area (Å²) >= 11 is 11.9. The Labute approximate surface area is 175 Å². The van der Waals surface area contributed by atoms with Gasteiger partial charge in [0.2, 0.25) is 11.8 Å². The third kappa shape index (κ3) is 6.62. The van der Waals surface area contributed by atoms with Crippen LogP contribution in [0, 0.1) is 17.5 Å². The fourth-order valence-electron chi connectivity index (χ4n) is 2.53. The molecule has 156 valence electrons. The molecule has 0 unspecified atom stereocenters. The lowest BCUT2D eigenvalue weighted by Crippen LogP contribution is -2.39. The van der Waals surface area contributed by atoms with E-state index in [2.05, 4.69) is 10.6 Å². The zero-order chi connectivity index (χ0) is 21.6. The average Bonchev–Trinajstić information content (AvgIpc) is 2.65. The predicted molar refractivity (Wildman–Crippen MR) is 107 cm³/mol. The highest BCUT2D eigenvalue weighted by Gasteiger charge is 2.18. The third-order valence-electron chi connectivity index (χ3n) is 3.79. The van der Waals surface area contributed by atoms with E-state index in [9.17, 15) is 22.8 Å². The predicted octanol–water partition coefficient (Wildman–Crippen LogP) is 4.70. The number of carbonyl (C=O) groups is 2. The van der Waals surface area contributed by atoms with Crippen LogP contribution in [0.2, 0.25) is 10.0 Å². The van der Waals surface area contributed by atoms with Crippen LogP contribution in [0.25, 0.3) is 0 Å². The molecule has 0 bridgehead atoms. The van der Waals surface area contributed by atoms with Crippen molar-refractivity contribution in [3.8, 4) is 0 Å². The molecular weight excluding hydrogens is 430 g/mol. The van der Waals surface area contributed by atoms with Crippen LogP contribution in [-0.2, 0) is 9.59 Å². The molecule has 0 fully saturated rings. The molecule has 0 aliphatic heterocycles. The minimum absolute atomic E-state index is 0.148. The van der Waals surface area contributed by atoms with Gasteiger partial charge in [-0.3, -0.25) is 14.5 Å². The largest absolute Gasteiger partial charge is 0.324 e. The van der Waals surface area contributed by atoms with E-state index < -0.39 is 35.0 Å². The molecule has 0 radical (unpaired) electrons. The third-order valence-corrected chi connectivity index (χ3v) is 4.35. The van der Waals surface area contributed by atoms with Gasteiger partial charge in [-0.1, -0.05) is 30.1 Å². The monoisotopic (exact) mass is 447 g/mol. The summed E-state index contributed by atoms with van der Waals surface area (Å²) in [4.78, 5) is 26.0. The number of benzene rings is 2. The minimum Gasteiger partial charge on any atom is -0.324 e. The summed E-state index contributed by atoms with van der Waals surface area (Å²) in [5.41, 5.74) is -0.158. The van der Waals surface area contributed by atoms with E-state index in [1.807, 2.05) is 6.92 Å². The Bertz CT molecular complexity index is 913. The number of amides is 2. The SMILES string of the molecule is CCCN(CC(=O)Nc1cc(Cl)ccc1Cl)CC(=O)Nc1ccc(F)c(F)c1F. The molecule has 2 N–H and O–H groups in total. The summed E-state index contributed by atoms with van der Waals surface area (Å²) in [6.45, 7) is 1.84. The van der Waals surface area contributed by atoms with Crippen molar-refractivity contribution in [2.45, 2.75) is 13.3 Å². The first kappa shape index (κ1) is 23.0. The normalized spacial score (nSPS) is 10.9. The number of hydrogen-bond donors (Lipinski definition) is 2. The van der Waals surface area contributed by atoms with Crippen LogP contribution in [0.3, 0.4) is 0 Å². The van der Waals surface area contributed by atoms with Gasteiger partial charge in [0.05, 0.1) is 29.5 Å².